The van der Waals surface area contributed by atoms with E-state index in [1.807, 2.05) is 353 Å². The molecule has 0 aliphatic rings. The molecule has 8 heterocycles. The van der Waals surface area contributed by atoms with Gasteiger partial charge >= 0.3 is 0 Å². The van der Waals surface area contributed by atoms with Crippen LogP contribution in [0.2, 0.25) is 0 Å². The van der Waals surface area contributed by atoms with Gasteiger partial charge in [0, 0.05) is 130 Å². The second-order valence-electron chi connectivity index (χ2n) is 30.8. The molecule has 0 unspecified atom stereocenters. The molecule has 0 aliphatic heterocycles. The fraction of sp³-hybridized carbons (Fsp3) is 0.0820. The average Bonchev–Trinajstić information content (AvgIpc) is 0.826. The van der Waals surface area contributed by atoms with E-state index in [0.717, 1.165) is 125 Å². The van der Waals surface area contributed by atoms with Crippen LogP contribution in [0.15, 0.2) is 462 Å². The zero-order valence-electron chi connectivity index (χ0n) is 75.4. The molecule has 0 fully saturated rings. The van der Waals surface area contributed by atoms with Gasteiger partial charge in [0.2, 0.25) is 0 Å². The predicted octanol–water partition coefficient (Wildman–Crippen LogP) is 30.2. The Kier molecular flexibility index (Phi) is 44.8. The monoisotopic (exact) mass is 2450 g/mol. The molecule has 672 valence electrons. The summed E-state index contributed by atoms with van der Waals surface area (Å²) in [5, 5.41) is 0. The van der Waals surface area contributed by atoms with Gasteiger partial charge in [-0.2, -0.15) is 0 Å². The molecule has 0 bridgehead atoms. The third kappa shape index (κ3) is 33.6. The number of rotatable bonds is 16. The first-order valence-electron chi connectivity index (χ1n) is 43.6. The largest absolute Gasteiger partial charge is 0.305 e. The van der Waals surface area contributed by atoms with E-state index in [1.54, 1.807) is 0 Å². The van der Waals surface area contributed by atoms with Crippen LogP contribution < -0.4 is 0 Å². The van der Waals surface area contributed by atoms with Crippen LogP contribution in [0.1, 0.15) is 62.8 Å². The second kappa shape index (κ2) is 57.7. The van der Waals surface area contributed by atoms with Crippen molar-refractivity contribution in [1.82, 2.24) is 39.9 Å². The van der Waals surface area contributed by atoms with Gasteiger partial charge in [-0.1, -0.05) is 251 Å². The molecule has 8 nitrogen and oxygen atoms in total. The standard InChI is InChI=1S/4C17H12N.C15H16N.C14H14N.C13H12N.C12H10N.4Ir/c4*1-3-7-14(8-4-1)16-11-12-17(18-13-16)15-9-5-2-6-10-15;1-12(2)10-13-8-9-16-15(11-13)14-6-4-3-5-7-14;1-11(2)13-8-9-15-14(10-13)12-6-4-3-5-7-12;1-2-11-8-9-14-13(10-11)12-6-4-3-5-7-12;1-10-7-8-13-12(9-10)11-5-3-2-4-6-11;;;;/h4*1-9,11-13H;3-6,8-9,11-12H,10H2,1-2H3;3-6,8-11H,1-2H3;3-6,8-10H,2H2,1H3;2-5,7-9H,1H3;;;;/q8*-1;;;;. The Bertz CT molecular complexity index is 5870. The molecule has 0 saturated carbocycles. The van der Waals surface area contributed by atoms with Crippen LogP contribution in [-0.2, 0) is 93.3 Å². The van der Waals surface area contributed by atoms with Crippen molar-refractivity contribution in [2.75, 3.05) is 0 Å². The molecule has 20 aromatic rings. The van der Waals surface area contributed by atoms with Gasteiger partial charge in [-0.25, -0.2) is 0 Å². The summed E-state index contributed by atoms with van der Waals surface area (Å²) in [4.78, 5) is 35.3. The molecule has 12 heteroatoms. The molecule has 0 aliphatic carbocycles. The minimum absolute atomic E-state index is 0. The molecule has 134 heavy (non-hydrogen) atoms. The quantitative estimate of drug-likeness (QED) is 0.0882. The summed E-state index contributed by atoms with van der Waals surface area (Å²) < 4.78 is 0. The van der Waals surface area contributed by atoms with Crippen LogP contribution in [0.25, 0.3) is 135 Å². The van der Waals surface area contributed by atoms with Crippen LogP contribution in [0.5, 0.6) is 0 Å². The van der Waals surface area contributed by atoms with Crippen LogP contribution in [0, 0.1) is 61.4 Å². The van der Waals surface area contributed by atoms with Crippen molar-refractivity contribution in [3.8, 4) is 135 Å². The number of nitrogens with zero attached hydrogens (tertiary/aromatic N) is 8. The predicted molar refractivity (Wildman–Crippen MR) is 537 cm³/mol. The normalized spacial score (nSPS) is 9.97. The molecule has 12 aromatic carbocycles. The maximum absolute atomic E-state index is 4.49. The summed E-state index contributed by atoms with van der Waals surface area (Å²) in [5.74, 6) is 1.21. The van der Waals surface area contributed by atoms with Gasteiger partial charge < -0.3 is 39.9 Å². The number of hydrogen-bond acceptors (Lipinski definition) is 8. The van der Waals surface area contributed by atoms with Gasteiger partial charge in [0.25, 0.3) is 0 Å². The molecule has 0 spiro atoms. The van der Waals surface area contributed by atoms with Gasteiger partial charge in [-0.3, -0.25) is 0 Å². The van der Waals surface area contributed by atoms with Gasteiger partial charge in [-0.05, 0) is 146 Å². The summed E-state index contributed by atoms with van der Waals surface area (Å²) in [6.07, 6.45) is 17.2. The van der Waals surface area contributed by atoms with Crippen LogP contribution in [0.3, 0.4) is 0 Å². The van der Waals surface area contributed by atoms with Crippen LogP contribution in [0.4, 0.5) is 0 Å². The second-order valence-corrected chi connectivity index (χ2v) is 30.8. The van der Waals surface area contributed by atoms with E-state index in [0.29, 0.717) is 11.8 Å². The summed E-state index contributed by atoms with van der Waals surface area (Å²) in [5.41, 5.74) is 30.6. The fourth-order valence-corrected chi connectivity index (χ4v) is 13.5. The SMILES string of the molecule is CC(C)Cc1ccnc(-c2[c-]cccc2)c1.CC(C)c1ccnc(-c2[c-]cccc2)c1.CCc1ccnc(-c2[c-]cccc2)c1.Cc1ccnc(-c2[c-]cccc2)c1.[Ir].[Ir].[Ir].[Ir].[c-]1ccccc1-c1ccc(-c2ccccc2)cn1.[c-]1ccccc1-c1ccc(-c2ccccc2)cn1.[c-]1ccccc1-c1ccc(-c2ccccc2)cn1.[c-]1ccccc1-c1ccc(-c2ccccc2)cn1. The van der Waals surface area contributed by atoms with Crippen molar-refractivity contribution in [2.24, 2.45) is 5.92 Å². The van der Waals surface area contributed by atoms with Crippen molar-refractivity contribution in [1.29, 1.82) is 0 Å². The van der Waals surface area contributed by atoms with E-state index in [1.165, 1.54) is 44.5 Å². The van der Waals surface area contributed by atoms with Gasteiger partial charge in [0.15, 0.2) is 0 Å². The van der Waals surface area contributed by atoms with E-state index in [-0.39, 0.29) is 80.4 Å². The van der Waals surface area contributed by atoms with Crippen molar-refractivity contribution in [3.05, 3.63) is 533 Å². The van der Waals surface area contributed by atoms with Crippen LogP contribution >= 0.6 is 0 Å². The van der Waals surface area contributed by atoms with Crippen LogP contribution in [-0.4, -0.2) is 39.9 Å². The van der Waals surface area contributed by atoms with E-state index in [4.69, 9.17) is 0 Å². The maximum Gasteiger partial charge on any atom is 0.0239 e. The topological polar surface area (TPSA) is 103 Å². The first-order valence-corrected chi connectivity index (χ1v) is 43.6. The smallest absolute Gasteiger partial charge is 0.0239 e. The van der Waals surface area contributed by atoms with Crippen molar-refractivity contribution in [3.63, 3.8) is 0 Å². The summed E-state index contributed by atoms with van der Waals surface area (Å²) in [7, 11) is 0. The summed E-state index contributed by atoms with van der Waals surface area (Å²) in [6.45, 7) is 13.0. The van der Waals surface area contributed by atoms with Crippen molar-refractivity contribution in [2.45, 2.75) is 60.3 Å². The Morgan fingerprint density at radius 1 is 0.216 bits per heavy atom. The van der Waals surface area contributed by atoms with E-state index < -0.39 is 0 Å². The molecule has 4 radical (unpaired) electrons. The Morgan fingerprint density at radius 3 is 0.694 bits per heavy atom. The summed E-state index contributed by atoms with van der Waals surface area (Å²) in [6, 6.07) is 163. The zero-order chi connectivity index (χ0) is 89.8. The molecule has 0 N–H and O–H groups in total. The molecular formula is C122H100Ir4N8-8. The Morgan fingerprint density at radius 2 is 0.455 bits per heavy atom. The average molecular weight is 2450 g/mol. The number of aromatic nitrogens is 8. The molecule has 0 saturated heterocycles. The molecule has 0 amide bonds. The molecule has 8 aromatic heterocycles. The Hall–Kier alpha value is -13.6. The minimum Gasteiger partial charge on any atom is -0.305 e. The third-order valence-electron chi connectivity index (χ3n) is 20.4. The zero-order valence-corrected chi connectivity index (χ0v) is 84.9. The summed E-state index contributed by atoms with van der Waals surface area (Å²) >= 11 is 0. The Balaban J connectivity index is 0.000000172. The third-order valence-corrected chi connectivity index (χ3v) is 20.4. The molecular weight excluding hydrogens is 2350 g/mol. The van der Waals surface area contributed by atoms with E-state index in [2.05, 4.69) is 239 Å². The molecule has 0 atom stereocenters. The number of aryl methyl sites for hydroxylation is 2. The van der Waals surface area contributed by atoms with Crippen molar-refractivity contribution < 1.29 is 80.4 Å². The van der Waals surface area contributed by atoms with Gasteiger partial charge in [0.05, 0.1) is 0 Å². The number of hydrogen-bond donors (Lipinski definition) is 0. The first-order chi connectivity index (χ1) is 64.0. The molecule has 20 rings (SSSR count). The van der Waals surface area contributed by atoms with E-state index >= 15 is 0 Å². The minimum atomic E-state index is 0. The maximum atomic E-state index is 4.49. The van der Waals surface area contributed by atoms with Gasteiger partial charge in [-0.15, -0.1) is 287 Å². The first kappa shape index (κ1) is 104. The Labute approximate surface area is 846 Å². The number of pyridine rings is 8. The van der Waals surface area contributed by atoms with E-state index in [9.17, 15) is 0 Å². The number of benzene rings is 12. The fourth-order valence-electron chi connectivity index (χ4n) is 13.5. The van der Waals surface area contributed by atoms with Crippen molar-refractivity contribution >= 4 is 0 Å². The van der Waals surface area contributed by atoms with Gasteiger partial charge in [0.1, 0.15) is 0 Å².